The van der Waals surface area contributed by atoms with Gasteiger partial charge in [-0.05, 0) is 23.8 Å². The van der Waals surface area contributed by atoms with Crippen LogP contribution in [0.5, 0.6) is 0 Å². The van der Waals surface area contributed by atoms with Gasteiger partial charge in [0.05, 0.1) is 6.61 Å². The fraction of sp³-hybridized carbons (Fsp3) is 0.455. The van der Waals surface area contributed by atoms with Crippen molar-refractivity contribution in [3.63, 3.8) is 0 Å². The van der Waals surface area contributed by atoms with Crippen molar-refractivity contribution in [3.8, 4) is 0 Å². The molecule has 0 aliphatic rings. The number of rotatable bonds is 6. The molecular weight excluding hydrogens is 334 g/mol. The van der Waals surface area contributed by atoms with Crippen LogP contribution in [0.1, 0.15) is 5.56 Å². The Morgan fingerprint density at radius 2 is 2.06 bits per heavy atom. The zero-order valence-electron chi connectivity index (χ0n) is 9.36. The number of ether oxygens (including phenoxy) is 1. The molecule has 1 N–H and O–H groups in total. The van der Waals surface area contributed by atoms with E-state index in [1.807, 2.05) is 12.1 Å². The summed E-state index contributed by atoms with van der Waals surface area (Å²) in [6, 6.07) is 5.42. The lowest BCUT2D eigenvalue weighted by atomic mass is 10.2. The third-order valence-electron chi connectivity index (χ3n) is 2.01. The lowest BCUT2D eigenvalue weighted by molar-refractivity contribution is -0.173. The Balaban J connectivity index is 2.20. The number of nitrogens with one attached hydrogen (secondary N) is 1. The predicted octanol–water partition coefficient (Wildman–Crippen LogP) is 3.77. The number of alkyl halides is 3. The monoisotopic (exact) mass is 345 g/mol. The van der Waals surface area contributed by atoms with Gasteiger partial charge >= 0.3 is 6.18 Å². The number of benzene rings is 1. The van der Waals surface area contributed by atoms with Crippen LogP contribution < -0.4 is 5.32 Å². The van der Waals surface area contributed by atoms with Gasteiger partial charge in [-0.1, -0.05) is 27.5 Å². The van der Waals surface area contributed by atoms with E-state index in [2.05, 4.69) is 26.0 Å². The summed E-state index contributed by atoms with van der Waals surface area (Å²) in [5.41, 5.74) is 0.877. The van der Waals surface area contributed by atoms with Crippen LogP contribution in [0.3, 0.4) is 0 Å². The van der Waals surface area contributed by atoms with Crippen molar-refractivity contribution in [2.24, 2.45) is 0 Å². The zero-order chi connectivity index (χ0) is 13.6. The number of halogens is 5. The van der Waals surface area contributed by atoms with E-state index in [1.165, 1.54) is 0 Å². The van der Waals surface area contributed by atoms with E-state index >= 15 is 0 Å². The molecule has 0 amide bonds. The first-order chi connectivity index (χ1) is 8.38. The van der Waals surface area contributed by atoms with Gasteiger partial charge in [-0.15, -0.1) is 0 Å². The van der Waals surface area contributed by atoms with Crippen molar-refractivity contribution in [2.75, 3.05) is 19.8 Å². The molecule has 0 fully saturated rings. The molecule has 0 saturated carbocycles. The Hall–Kier alpha value is -0.300. The molecule has 0 aromatic heterocycles. The van der Waals surface area contributed by atoms with Crippen LogP contribution in [0.25, 0.3) is 0 Å². The third-order valence-corrected chi connectivity index (χ3v) is 2.87. The van der Waals surface area contributed by atoms with Crippen molar-refractivity contribution in [2.45, 2.75) is 12.7 Å². The van der Waals surface area contributed by atoms with Gasteiger partial charge in [0.2, 0.25) is 0 Å². The smallest absolute Gasteiger partial charge is 0.371 e. The summed E-state index contributed by atoms with van der Waals surface area (Å²) < 4.78 is 40.6. The first-order valence-corrected chi connectivity index (χ1v) is 6.35. The molecule has 7 heteroatoms. The summed E-state index contributed by atoms with van der Waals surface area (Å²) in [4.78, 5) is 0. The second kappa shape index (κ2) is 7.33. The van der Waals surface area contributed by atoms with Crippen LogP contribution in [0.2, 0.25) is 5.02 Å². The van der Waals surface area contributed by atoms with Crippen molar-refractivity contribution in [1.82, 2.24) is 5.32 Å². The molecule has 0 aliphatic heterocycles. The summed E-state index contributed by atoms with van der Waals surface area (Å²) in [5.74, 6) is 0. The summed E-state index contributed by atoms with van der Waals surface area (Å²) in [6.45, 7) is -0.399. The van der Waals surface area contributed by atoms with Crippen molar-refractivity contribution < 1.29 is 17.9 Å². The van der Waals surface area contributed by atoms with Crippen molar-refractivity contribution in [1.29, 1.82) is 0 Å². The summed E-state index contributed by atoms with van der Waals surface area (Å²) >= 11 is 9.27. The third kappa shape index (κ3) is 6.58. The molecular formula is C11H12BrClF3NO. The van der Waals surface area contributed by atoms with Crippen LogP contribution in [-0.4, -0.2) is 25.9 Å². The molecule has 1 aromatic rings. The highest BCUT2D eigenvalue weighted by Crippen LogP contribution is 2.20. The Morgan fingerprint density at radius 1 is 1.33 bits per heavy atom. The Kier molecular flexibility index (Phi) is 6.42. The molecule has 0 spiro atoms. The van der Waals surface area contributed by atoms with E-state index in [9.17, 15) is 13.2 Å². The van der Waals surface area contributed by atoms with E-state index in [0.717, 1.165) is 10.0 Å². The number of hydrogen-bond donors (Lipinski definition) is 1. The minimum Gasteiger partial charge on any atom is -0.371 e. The molecule has 18 heavy (non-hydrogen) atoms. The van der Waals surface area contributed by atoms with Crippen LogP contribution in [0.4, 0.5) is 13.2 Å². The molecule has 2 nitrogen and oxygen atoms in total. The topological polar surface area (TPSA) is 21.3 Å². The molecule has 0 unspecified atom stereocenters. The molecule has 0 radical (unpaired) electrons. The van der Waals surface area contributed by atoms with E-state index in [-0.39, 0.29) is 6.61 Å². The second-order valence-corrected chi connectivity index (χ2v) is 4.90. The maximum Gasteiger partial charge on any atom is 0.411 e. The van der Waals surface area contributed by atoms with Crippen LogP contribution in [0.15, 0.2) is 22.7 Å². The molecule has 0 saturated heterocycles. The molecule has 102 valence electrons. The lowest BCUT2D eigenvalue weighted by Gasteiger charge is -2.09. The first kappa shape index (κ1) is 15.8. The summed E-state index contributed by atoms with van der Waals surface area (Å²) in [6.07, 6.45) is -4.27. The first-order valence-electron chi connectivity index (χ1n) is 5.17. The molecule has 1 rings (SSSR count). The van der Waals surface area contributed by atoms with Gasteiger partial charge < -0.3 is 10.1 Å². The quantitative estimate of drug-likeness (QED) is 0.792. The largest absolute Gasteiger partial charge is 0.411 e. The van der Waals surface area contributed by atoms with Gasteiger partial charge in [0.1, 0.15) is 6.61 Å². The average Bonchev–Trinajstić information content (AvgIpc) is 2.26. The maximum absolute atomic E-state index is 11.8. The van der Waals surface area contributed by atoms with E-state index in [4.69, 9.17) is 11.6 Å². The Labute approximate surface area is 117 Å². The summed E-state index contributed by atoms with van der Waals surface area (Å²) in [5, 5.41) is 3.57. The Morgan fingerprint density at radius 3 is 2.72 bits per heavy atom. The highest BCUT2D eigenvalue weighted by molar-refractivity contribution is 9.10. The predicted molar refractivity (Wildman–Crippen MR) is 67.7 cm³/mol. The van der Waals surface area contributed by atoms with Gasteiger partial charge in [0.25, 0.3) is 0 Å². The van der Waals surface area contributed by atoms with Crippen LogP contribution in [0, 0.1) is 0 Å². The average molecular weight is 347 g/mol. The molecule has 1 aromatic carbocycles. The minimum absolute atomic E-state index is 0.00509. The summed E-state index contributed by atoms with van der Waals surface area (Å²) in [7, 11) is 0. The standard InChI is InChI=1S/C11H12BrClF3NO/c12-9-1-2-10(13)8(5-9)6-17-3-4-18-7-11(14,15)16/h1-2,5,17H,3-4,6-7H2. The van der Waals surface area contributed by atoms with Gasteiger partial charge in [-0.25, -0.2) is 0 Å². The van der Waals surface area contributed by atoms with Crippen LogP contribution >= 0.6 is 27.5 Å². The second-order valence-electron chi connectivity index (χ2n) is 3.58. The van der Waals surface area contributed by atoms with E-state index < -0.39 is 12.8 Å². The zero-order valence-corrected chi connectivity index (χ0v) is 11.7. The fourth-order valence-corrected chi connectivity index (χ4v) is 1.83. The highest BCUT2D eigenvalue weighted by atomic mass is 79.9. The van der Waals surface area contributed by atoms with Crippen molar-refractivity contribution in [3.05, 3.63) is 33.3 Å². The van der Waals surface area contributed by atoms with Crippen molar-refractivity contribution >= 4 is 27.5 Å². The number of hydrogen-bond acceptors (Lipinski definition) is 2. The minimum atomic E-state index is -4.27. The molecule has 0 aliphatic carbocycles. The molecule has 0 bridgehead atoms. The van der Waals surface area contributed by atoms with Gasteiger partial charge in [-0.3, -0.25) is 0 Å². The molecule has 0 heterocycles. The molecule has 0 atom stereocenters. The van der Waals surface area contributed by atoms with E-state index in [1.54, 1.807) is 6.07 Å². The SMILES string of the molecule is FC(F)(F)COCCNCc1cc(Br)ccc1Cl. The highest BCUT2D eigenvalue weighted by Gasteiger charge is 2.27. The lowest BCUT2D eigenvalue weighted by Crippen LogP contribution is -2.23. The van der Waals surface area contributed by atoms with E-state index in [0.29, 0.717) is 18.1 Å². The van der Waals surface area contributed by atoms with Gasteiger partial charge in [0, 0.05) is 22.6 Å². The normalized spacial score (nSPS) is 11.8. The van der Waals surface area contributed by atoms with Gasteiger partial charge in [0.15, 0.2) is 0 Å². The Bertz CT molecular complexity index is 387. The fourth-order valence-electron chi connectivity index (χ4n) is 1.23. The maximum atomic E-state index is 11.8. The van der Waals surface area contributed by atoms with Gasteiger partial charge in [-0.2, -0.15) is 13.2 Å². The van der Waals surface area contributed by atoms with Crippen LogP contribution in [-0.2, 0) is 11.3 Å².